The first kappa shape index (κ1) is 48.3. The summed E-state index contributed by atoms with van der Waals surface area (Å²) >= 11 is 14.4. The van der Waals surface area contributed by atoms with Crippen molar-refractivity contribution < 1.29 is 62.3 Å². The number of benzene rings is 5. The molecule has 272 valence electrons. The van der Waals surface area contributed by atoms with Crippen molar-refractivity contribution in [2.24, 2.45) is 0 Å². The van der Waals surface area contributed by atoms with Crippen LogP contribution >= 0.6 is 50.6 Å². The van der Waals surface area contributed by atoms with Crippen LogP contribution in [0.15, 0.2) is 194 Å². The van der Waals surface area contributed by atoms with E-state index >= 15 is 0 Å². The fraction of sp³-hybridized carbons (Fsp3) is 0.0698. The zero-order chi connectivity index (χ0) is 33.6. The van der Waals surface area contributed by atoms with Gasteiger partial charge in [0, 0.05) is 0 Å². The number of alkyl halides is 3. The van der Waals surface area contributed by atoms with Crippen LogP contribution < -0.4 is 51.3 Å². The molecule has 0 nitrogen and oxygen atoms in total. The summed E-state index contributed by atoms with van der Waals surface area (Å²) in [4.78, 5) is 0. The van der Waals surface area contributed by atoms with E-state index in [-0.39, 0.29) is 62.3 Å². The molecule has 52 heavy (non-hydrogen) atoms. The van der Waals surface area contributed by atoms with Crippen molar-refractivity contribution in [2.75, 3.05) is 0 Å². The van der Waals surface area contributed by atoms with E-state index in [0.29, 0.717) is 5.66 Å². The average molecular weight is 955 g/mol. The molecule has 7 aromatic carbocycles. The van der Waals surface area contributed by atoms with Gasteiger partial charge < -0.3 is 24.8 Å². The summed E-state index contributed by atoms with van der Waals surface area (Å²) in [5, 5.41) is 7.00. The van der Waals surface area contributed by atoms with Crippen molar-refractivity contribution in [1.29, 1.82) is 0 Å². The van der Waals surface area contributed by atoms with Crippen LogP contribution in [0, 0.1) is 0 Å². The first-order valence-corrected chi connectivity index (χ1v) is 19.8. The Labute approximate surface area is 363 Å². The Morgan fingerprint density at radius 2 is 0.904 bits per heavy atom. The third-order valence-electron chi connectivity index (χ3n) is 7.78. The Kier molecular flexibility index (Phi) is 24.3. The third-order valence-corrected chi connectivity index (χ3v) is 13.0. The van der Waals surface area contributed by atoms with Gasteiger partial charge in [0.1, 0.15) is 0 Å². The minimum atomic E-state index is -0.750. The van der Waals surface area contributed by atoms with Gasteiger partial charge in [-0.1, -0.05) is 192 Å². The van der Waals surface area contributed by atoms with Crippen LogP contribution in [0.25, 0.3) is 11.1 Å². The molecule has 7 aromatic rings. The topological polar surface area (TPSA) is 0 Å². The maximum absolute atomic E-state index is 4.81. The second kappa shape index (κ2) is 26.2. The maximum Gasteiger partial charge on any atom is 2.00 e. The van der Waals surface area contributed by atoms with Gasteiger partial charge in [0.15, 0.2) is 4.30 Å². The van der Waals surface area contributed by atoms with Gasteiger partial charge in [0.25, 0.3) is 0 Å². The third kappa shape index (κ3) is 13.9. The monoisotopic (exact) mass is 952 g/mol. The summed E-state index contributed by atoms with van der Waals surface area (Å²) < 4.78 is -0.750. The van der Waals surface area contributed by atoms with Crippen molar-refractivity contribution in [1.82, 2.24) is 0 Å². The zero-order valence-electron chi connectivity index (χ0n) is 28.1. The molecule has 0 aliphatic heterocycles. The van der Waals surface area contributed by atoms with Gasteiger partial charge in [-0.3, -0.25) is 0 Å². The second-order valence-electron chi connectivity index (χ2n) is 10.8. The van der Waals surface area contributed by atoms with Crippen molar-refractivity contribution >= 4 is 77.2 Å². The molecular weight excluding hydrogens is 918 g/mol. The first-order valence-electron chi connectivity index (χ1n) is 15.8. The Balaban J connectivity index is 0.000000924. The fourth-order valence-electron chi connectivity index (χ4n) is 5.75. The number of hydrogen-bond donors (Lipinski definition) is 0. The number of halogens is 5. The summed E-state index contributed by atoms with van der Waals surface area (Å²) in [5.41, 5.74) is 4.50. The van der Waals surface area contributed by atoms with Crippen LogP contribution in [0.5, 0.6) is 0 Å². The smallest absolute Gasteiger partial charge is 1.00 e. The van der Waals surface area contributed by atoms with Gasteiger partial charge in [-0.2, -0.15) is 24.3 Å². The number of rotatable bonds is 8. The fourth-order valence-corrected chi connectivity index (χ4v) is 10.9. The van der Waals surface area contributed by atoms with Crippen LogP contribution in [0.1, 0.15) is 18.1 Å². The van der Waals surface area contributed by atoms with Gasteiger partial charge in [0.2, 0.25) is 0 Å². The molecule has 0 unspecified atom stereocenters. The molecule has 0 heterocycles. The predicted molar refractivity (Wildman–Crippen MR) is 217 cm³/mol. The van der Waals surface area contributed by atoms with Crippen LogP contribution in [-0.2, 0) is 37.5 Å². The van der Waals surface area contributed by atoms with Gasteiger partial charge in [-0.05, 0) is 42.7 Å². The quantitative estimate of drug-likeness (QED) is 0.0828. The summed E-state index contributed by atoms with van der Waals surface area (Å²) in [6, 6.07) is 70.2. The molecule has 0 saturated carbocycles. The largest absolute Gasteiger partial charge is 2.00 e. The molecule has 0 fully saturated rings. The van der Waals surface area contributed by atoms with Gasteiger partial charge in [-0.25, -0.2) is 12.1 Å². The minimum absolute atomic E-state index is 0. The molecule has 0 bridgehead atoms. The van der Waals surface area contributed by atoms with E-state index in [4.69, 9.17) is 34.8 Å². The van der Waals surface area contributed by atoms with E-state index in [1.165, 1.54) is 43.2 Å². The summed E-state index contributed by atoms with van der Waals surface area (Å²) in [5.74, 6) is 0. The van der Waals surface area contributed by atoms with E-state index in [1.807, 2.05) is 30.3 Å². The standard InChI is InChI=1S/C37H31P2.C5H5.CHCl3.2ClH.Fe.Pd/c1-29(38(30-17-6-2-7-18-30)31-19-8-3-9-20-31)34-26-16-27-35(34)36-25-14-15-28-37(36)39(32-21-10-4-11-22-32)33-23-12-5-13-24-33;1-2-4-5-3-1;2-1(3)4;;;;/h2-29H,1H3;1-5H;1H;2*1H;;/q2*-1;;;;2*+2/p-2/t29-;;;;;;/m1....../s1. The minimum Gasteiger partial charge on any atom is -1.00 e. The Bertz CT molecular complexity index is 1790. The van der Waals surface area contributed by atoms with E-state index in [9.17, 15) is 0 Å². The molecule has 0 amide bonds. The summed E-state index contributed by atoms with van der Waals surface area (Å²) in [7, 11) is -1.28. The van der Waals surface area contributed by atoms with E-state index in [2.05, 4.69) is 171 Å². The predicted octanol–water partition coefficient (Wildman–Crippen LogP) is 5.42. The van der Waals surface area contributed by atoms with Crippen molar-refractivity contribution in [3.8, 4) is 11.1 Å². The molecule has 0 aliphatic rings. The first-order chi connectivity index (χ1) is 23.5. The Hall–Kier alpha value is -1.71. The zero-order valence-corrected chi connectivity index (χ0v) is 36.3. The van der Waals surface area contributed by atoms with Crippen molar-refractivity contribution in [2.45, 2.75) is 16.9 Å². The number of hydrogen-bond acceptors (Lipinski definition) is 0. The van der Waals surface area contributed by atoms with Gasteiger partial charge >= 0.3 is 37.5 Å². The molecular formula is C43H37Cl5FeP2Pd. The second-order valence-corrected chi connectivity index (χ2v) is 17.6. The van der Waals surface area contributed by atoms with Crippen molar-refractivity contribution in [3.05, 3.63) is 200 Å². The molecule has 0 saturated heterocycles. The van der Waals surface area contributed by atoms with E-state index < -0.39 is 20.1 Å². The molecule has 9 heteroatoms. The summed E-state index contributed by atoms with van der Waals surface area (Å²) in [6.45, 7) is 2.42. The average Bonchev–Trinajstić information content (AvgIpc) is 3.87. The molecule has 0 spiro atoms. The van der Waals surface area contributed by atoms with Crippen LogP contribution in [0.4, 0.5) is 0 Å². The molecule has 0 N–H and O–H groups in total. The Morgan fingerprint density at radius 1 is 0.519 bits per heavy atom. The van der Waals surface area contributed by atoms with Crippen LogP contribution in [0.2, 0.25) is 0 Å². The molecule has 7 rings (SSSR count). The normalized spacial score (nSPS) is 10.5. The van der Waals surface area contributed by atoms with Gasteiger partial charge in [0.05, 0.1) is 0 Å². The SMILES string of the molecule is C[C@H](c1ccc[c-]1-c1ccccc1P(c1ccccc1)c1ccccc1)P(c1ccccc1)c1ccccc1.ClC(Cl)Cl.[Cl-].[Cl-].[Fe+2].[Pd+2].c1cc[cH-]c1. The van der Waals surface area contributed by atoms with E-state index in [0.717, 1.165) is 0 Å². The maximum atomic E-state index is 4.81. The van der Waals surface area contributed by atoms with Gasteiger partial charge in [-0.15, -0.1) is 29.3 Å². The van der Waals surface area contributed by atoms with Crippen LogP contribution in [0.3, 0.4) is 0 Å². The Morgan fingerprint density at radius 3 is 1.31 bits per heavy atom. The molecule has 0 aromatic heterocycles. The van der Waals surface area contributed by atoms with Crippen LogP contribution in [-0.4, -0.2) is 4.30 Å². The summed E-state index contributed by atoms with van der Waals surface area (Å²) in [6.07, 6.45) is 0. The van der Waals surface area contributed by atoms with Crippen molar-refractivity contribution in [3.63, 3.8) is 0 Å². The molecule has 1 atom stereocenters. The molecule has 0 radical (unpaired) electrons. The van der Waals surface area contributed by atoms with E-state index in [1.54, 1.807) is 0 Å². The molecule has 0 aliphatic carbocycles.